The largest absolute Gasteiger partial charge is 0.339 e. The number of carbonyl (C=O) groups excluding carboxylic acids is 1. The zero-order valence-corrected chi connectivity index (χ0v) is 31.0. The van der Waals surface area contributed by atoms with Crippen molar-refractivity contribution in [1.29, 1.82) is 0 Å². The average Bonchev–Trinajstić information content (AvgIpc) is 3.73. The number of ketones is 1. The quantitative estimate of drug-likeness (QED) is 0.268. The molecule has 3 aliphatic heterocycles. The van der Waals surface area contributed by atoms with Crippen molar-refractivity contribution in [3.63, 3.8) is 0 Å². The predicted molar refractivity (Wildman–Crippen MR) is 184 cm³/mol. The summed E-state index contributed by atoms with van der Waals surface area (Å²) in [4.78, 5) is 11.7. The van der Waals surface area contributed by atoms with E-state index in [0.29, 0.717) is 10.5 Å². The van der Waals surface area contributed by atoms with Gasteiger partial charge in [0.2, 0.25) is 0 Å². The van der Waals surface area contributed by atoms with Crippen molar-refractivity contribution in [2.24, 2.45) is 10.8 Å². The van der Waals surface area contributed by atoms with Gasteiger partial charge in [0, 0.05) is 74.3 Å². The molecule has 0 amide bonds. The molecule has 0 bridgehead atoms. The number of hydrogen-bond donors (Lipinski definition) is 0. The first-order valence-electron chi connectivity index (χ1n) is 16.1. The van der Waals surface area contributed by atoms with Gasteiger partial charge in [-0.05, 0) is 51.0 Å². The van der Waals surface area contributed by atoms with Gasteiger partial charge in [-0.15, -0.1) is 49.8 Å². The topological polar surface area (TPSA) is 54.0 Å². The summed E-state index contributed by atoms with van der Waals surface area (Å²) in [5.74, 6) is 1.66. The molecule has 2 saturated carbocycles. The number of fused-ring (bicyclic) bond motifs is 4. The van der Waals surface area contributed by atoms with Gasteiger partial charge in [0.25, 0.3) is 0 Å². The van der Waals surface area contributed by atoms with E-state index in [9.17, 15) is 4.79 Å². The first-order chi connectivity index (χ1) is 20.6. The van der Waals surface area contributed by atoms with Crippen LogP contribution in [0.25, 0.3) is 0 Å². The Morgan fingerprint density at radius 3 is 1.60 bits per heavy atom. The molecule has 0 unspecified atom stereocenters. The van der Waals surface area contributed by atoms with Crippen LogP contribution in [0.4, 0.5) is 0 Å². The zero-order chi connectivity index (χ0) is 30.5. The van der Waals surface area contributed by atoms with Gasteiger partial charge in [-0.25, -0.2) is 0 Å². The van der Waals surface area contributed by atoms with Crippen LogP contribution in [0.15, 0.2) is 73.9 Å². The Labute approximate surface area is 305 Å². The third kappa shape index (κ3) is 6.22. The van der Waals surface area contributed by atoms with Crippen LogP contribution in [-0.4, -0.2) is 57.4 Å². The van der Waals surface area contributed by atoms with Gasteiger partial charge in [-0.2, -0.15) is 0 Å². The molecule has 6 atom stereocenters. The van der Waals surface area contributed by atoms with Gasteiger partial charge >= 0.3 is 0 Å². The van der Waals surface area contributed by atoms with Gasteiger partial charge < -0.3 is 18.9 Å². The maximum atomic E-state index is 11.7. The number of carbonyl (C=O) groups is 1. The van der Waals surface area contributed by atoms with E-state index < -0.39 is 11.6 Å². The summed E-state index contributed by atoms with van der Waals surface area (Å²) in [6, 6.07) is 0. The van der Waals surface area contributed by atoms with Crippen LogP contribution in [0, 0.1) is 10.8 Å². The van der Waals surface area contributed by atoms with Crippen LogP contribution in [0.2, 0.25) is 0 Å². The molecule has 3 spiro atoms. The Bertz CT molecular complexity index is 1210. The van der Waals surface area contributed by atoms with E-state index >= 15 is 0 Å². The fourth-order valence-corrected chi connectivity index (χ4v) is 11.7. The molecule has 7 rings (SSSR count). The molecular weight excluding hydrogens is 677 g/mol. The first-order valence-corrected chi connectivity index (χ1v) is 18.0. The van der Waals surface area contributed by atoms with Crippen LogP contribution in [-0.2, 0) is 56.5 Å². The molecular formula is C37H52O5S2Y. The summed E-state index contributed by atoms with van der Waals surface area (Å²) in [7, 11) is 0. The maximum absolute atomic E-state index is 11.7. The standard InChI is InChI=1S/C19H26O2S2.C17H22O3.CH4.Y/c1-4-15-16(5-2)21-19(20-15)8-6-7-14-13-18(22-11-12-23-18)10-9-17(14,19)3;1-4-14-15(5-2)20-17(19-14)9-6-7-12-11-13(18)8-10-16(12,17)3;;/h4-5,13,15-16H,1-2,6-12H2,3H3;4-5,11,14-15H,1-2,6-10H2,3H3;1H4;/t15-,16-,17+;14-,15-,16+;;/m11../s1. The molecule has 0 aromatic carbocycles. The summed E-state index contributed by atoms with van der Waals surface area (Å²) in [5, 5.41) is 0. The van der Waals surface area contributed by atoms with E-state index in [2.05, 4.69) is 69.8 Å². The molecule has 3 heterocycles. The number of rotatable bonds is 4. The van der Waals surface area contributed by atoms with Gasteiger partial charge in [-0.1, -0.05) is 62.8 Å². The Hall–Kier alpha value is -0.246. The van der Waals surface area contributed by atoms with E-state index in [1.54, 1.807) is 17.7 Å². The second-order valence-corrected chi connectivity index (χ2v) is 16.6. The minimum absolute atomic E-state index is 0. The number of ether oxygens (including phenoxy) is 4. The normalized spacial score (nSPS) is 38.3. The minimum Gasteiger partial charge on any atom is -0.339 e. The fraction of sp³-hybridized carbons (Fsp3) is 0.649. The molecule has 7 aliphatic rings. The van der Waals surface area contributed by atoms with Gasteiger partial charge in [0.1, 0.15) is 24.4 Å². The van der Waals surface area contributed by atoms with Crippen molar-refractivity contribution >= 4 is 29.3 Å². The SMILES string of the molecule is C.C=C[C@H]1OC2(CCCC3=CC(=O)CC[C@@]32C)O[C@@H]1C=C.C=C[C@H]1OC2(CCCC3=CC4(CC[C@@]32C)SCCS4)O[C@@H]1C=C.[Y]. The molecule has 3 saturated heterocycles. The van der Waals surface area contributed by atoms with Gasteiger partial charge in [0.15, 0.2) is 17.4 Å². The summed E-state index contributed by atoms with van der Waals surface area (Å²) in [5.41, 5.74) is 2.52. The second kappa shape index (κ2) is 14.3. The minimum atomic E-state index is -0.629. The Morgan fingerprint density at radius 1 is 0.689 bits per heavy atom. The van der Waals surface area contributed by atoms with E-state index in [-0.39, 0.29) is 81.2 Å². The number of allylic oxidation sites excluding steroid dienone is 1. The van der Waals surface area contributed by atoms with Crippen molar-refractivity contribution in [3.05, 3.63) is 73.9 Å². The smallest absolute Gasteiger partial charge is 0.179 e. The zero-order valence-electron chi connectivity index (χ0n) is 26.5. The van der Waals surface area contributed by atoms with Crippen molar-refractivity contribution in [1.82, 2.24) is 0 Å². The molecule has 0 N–H and O–H groups in total. The molecule has 1 radical (unpaired) electrons. The summed E-state index contributed by atoms with van der Waals surface area (Å²) in [6.07, 6.45) is 21.1. The second-order valence-electron chi connectivity index (χ2n) is 13.5. The van der Waals surface area contributed by atoms with E-state index in [4.69, 9.17) is 18.9 Å². The molecule has 4 aliphatic carbocycles. The van der Waals surface area contributed by atoms with Gasteiger partial charge in [0.05, 0.1) is 4.08 Å². The molecule has 5 nitrogen and oxygen atoms in total. The average molecular weight is 730 g/mol. The summed E-state index contributed by atoms with van der Waals surface area (Å²) >= 11 is 4.27. The van der Waals surface area contributed by atoms with E-state index in [0.717, 1.165) is 44.9 Å². The molecule has 245 valence electrons. The van der Waals surface area contributed by atoms with Crippen LogP contribution in [0.1, 0.15) is 85.5 Å². The Balaban J connectivity index is 0.000000198. The van der Waals surface area contributed by atoms with Gasteiger partial charge in [-0.3, -0.25) is 4.79 Å². The first kappa shape index (κ1) is 37.6. The van der Waals surface area contributed by atoms with Crippen LogP contribution >= 0.6 is 23.5 Å². The summed E-state index contributed by atoms with van der Waals surface area (Å²) in [6.45, 7) is 20.1. The Kier molecular flexibility index (Phi) is 11.9. The Morgan fingerprint density at radius 2 is 1.13 bits per heavy atom. The van der Waals surface area contributed by atoms with Crippen LogP contribution < -0.4 is 0 Å². The molecule has 0 aromatic rings. The third-order valence-electron chi connectivity index (χ3n) is 11.2. The van der Waals surface area contributed by atoms with Crippen LogP contribution in [0.5, 0.6) is 0 Å². The van der Waals surface area contributed by atoms with E-state index in [1.165, 1.54) is 29.9 Å². The van der Waals surface area contributed by atoms with Crippen molar-refractivity contribution < 1.29 is 56.5 Å². The third-order valence-corrected chi connectivity index (χ3v) is 14.6. The van der Waals surface area contributed by atoms with Crippen molar-refractivity contribution in [2.45, 2.75) is 126 Å². The monoisotopic (exact) mass is 729 g/mol. The molecule has 0 aromatic heterocycles. The maximum Gasteiger partial charge on any atom is 0.179 e. The molecule has 8 heteroatoms. The number of hydrogen-bond acceptors (Lipinski definition) is 7. The molecule has 5 fully saturated rings. The fourth-order valence-electron chi connectivity index (χ4n) is 8.57. The number of thioether (sulfide) groups is 2. The molecule has 45 heavy (non-hydrogen) atoms. The van der Waals surface area contributed by atoms with E-state index in [1.807, 2.05) is 18.2 Å². The van der Waals surface area contributed by atoms with Crippen molar-refractivity contribution in [3.8, 4) is 0 Å². The van der Waals surface area contributed by atoms with Crippen molar-refractivity contribution in [2.75, 3.05) is 11.5 Å². The summed E-state index contributed by atoms with van der Waals surface area (Å²) < 4.78 is 25.9. The van der Waals surface area contributed by atoms with Crippen LogP contribution in [0.3, 0.4) is 0 Å². The predicted octanol–water partition coefficient (Wildman–Crippen LogP) is 8.88.